The third kappa shape index (κ3) is 2.49. The molecule has 3 rings (SSSR count). The van der Waals surface area contributed by atoms with Crippen molar-refractivity contribution in [1.82, 2.24) is 5.32 Å². The molecule has 1 nitrogen and oxygen atoms in total. The summed E-state index contributed by atoms with van der Waals surface area (Å²) in [5.41, 5.74) is 2.51. The van der Waals surface area contributed by atoms with Crippen LogP contribution < -0.4 is 5.32 Å². The van der Waals surface area contributed by atoms with Crippen LogP contribution in [-0.2, 0) is 0 Å². The Morgan fingerprint density at radius 3 is 2.60 bits per heavy atom. The molecule has 0 aromatic carbocycles. The normalized spacial score (nSPS) is 29.8. The molecule has 0 aromatic rings. The van der Waals surface area contributed by atoms with E-state index in [0.29, 0.717) is 0 Å². The molecule has 108 valence electrons. The van der Waals surface area contributed by atoms with E-state index in [2.05, 4.69) is 43.8 Å². The molecule has 2 unspecified atom stereocenters. The van der Waals surface area contributed by atoms with Gasteiger partial charge < -0.3 is 5.32 Å². The number of hydrogen-bond acceptors (Lipinski definition) is 1. The number of fused-ring (bicyclic) bond motifs is 2. The maximum absolute atomic E-state index is 13.0. The zero-order chi connectivity index (χ0) is 14.5. The molecule has 0 amide bonds. The molecule has 0 saturated heterocycles. The summed E-state index contributed by atoms with van der Waals surface area (Å²) in [6.07, 6.45) is 1.97. The molecule has 0 fully saturated rings. The van der Waals surface area contributed by atoms with E-state index in [1.165, 1.54) is 6.08 Å². The zero-order valence-electron chi connectivity index (χ0n) is 10.4. The van der Waals surface area contributed by atoms with Crippen LogP contribution in [0.2, 0.25) is 0 Å². The quantitative estimate of drug-likeness (QED) is 0.314. The molecule has 0 saturated carbocycles. The average molecular weight is 458 g/mol. The van der Waals surface area contributed by atoms with Crippen LogP contribution in [0.15, 0.2) is 44.2 Å². The Balaban J connectivity index is 2.09. The SMILES string of the molecule is FC(F)(F)C1=CC2=C(C=CC3=C(I)NCCC32)C(Br)C1. The average Bonchev–Trinajstić information content (AvgIpc) is 2.38. The number of allylic oxidation sites excluding steroid dienone is 7. The fourth-order valence-corrected chi connectivity index (χ4v) is 4.53. The van der Waals surface area contributed by atoms with Crippen molar-refractivity contribution in [3.8, 4) is 0 Å². The Labute approximate surface area is 137 Å². The van der Waals surface area contributed by atoms with Gasteiger partial charge in [0, 0.05) is 22.9 Å². The first-order valence-electron chi connectivity index (χ1n) is 6.35. The molecule has 3 aliphatic rings. The van der Waals surface area contributed by atoms with Crippen molar-refractivity contribution < 1.29 is 13.2 Å². The minimum Gasteiger partial charge on any atom is -0.380 e. The van der Waals surface area contributed by atoms with Gasteiger partial charge in [0.15, 0.2) is 0 Å². The summed E-state index contributed by atoms with van der Waals surface area (Å²) in [7, 11) is 0. The third-order valence-corrected chi connectivity index (χ3v) is 5.74. The van der Waals surface area contributed by atoms with Gasteiger partial charge >= 0.3 is 6.18 Å². The van der Waals surface area contributed by atoms with Gasteiger partial charge in [0.25, 0.3) is 0 Å². The Morgan fingerprint density at radius 1 is 1.20 bits per heavy atom. The molecule has 1 aliphatic heterocycles. The number of nitrogens with one attached hydrogen (secondary N) is 1. The second kappa shape index (κ2) is 5.19. The monoisotopic (exact) mass is 457 g/mol. The van der Waals surface area contributed by atoms with Gasteiger partial charge in [0.05, 0.1) is 3.70 Å². The Bertz CT molecular complexity index is 571. The van der Waals surface area contributed by atoms with Crippen LogP contribution in [-0.4, -0.2) is 17.5 Å². The van der Waals surface area contributed by atoms with E-state index in [9.17, 15) is 13.2 Å². The smallest absolute Gasteiger partial charge is 0.380 e. The van der Waals surface area contributed by atoms with Crippen molar-refractivity contribution in [2.24, 2.45) is 5.92 Å². The first-order valence-corrected chi connectivity index (χ1v) is 8.35. The summed E-state index contributed by atoms with van der Waals surface area (Å²) >= 11 is 5.63. The van der Waals surface area contributed by atoms with Crippen LogP contribution in [0.5, 0.6) is 0 Å². The van der Waals surface area contributed by atoms with Crippen molar-refractivity contribution in [1.29, 1.82) is 0 Å². The maximum Gasteiger partial charge on any atom is 0.412 e. The molecule has 2 aliphatic carbocycles. The van der Waals surface area contributed by atoms with Crippen LogP contribution in [0.25, 0.3) is 0 Å². The molecule has 0 bridgehead atoms. The van der Waals surface area contributed by atoms with Crippen LogP contribution >= 0.6 is 38.5 Å². The van der Waals surface area contributed by atoms with E-state index in [1.807, 2.05) is 12.2 Å². The highest BCUT2D eigenvalue weighted by atomic mass is 127. The molecular weight excluding hydrogens is 446 g/mol. The van der Waals surface area contributed by atoms with E-state index in [4.69, 9.17) is 0 Å². The Kier molecular flexibility index (Phi) is 3.81. The first kappa shape index (κ1) is 14.7. The Hall–Kier alpha value is -0.240. The summed E-state index contributed by atoms with van der Waals surface area (Å²) in [5.74, 6) is 0.0841. The second-order valence-corrected chi connectivity index (χ2v) is 7.30. The molecule has 0 spiro atoms. The number of hydrogen-bond donors (Lipinski definition) is 1. The van der Waals surface area contributed by atoms with Gasteiger partial charge in [-0.1, -0.05) is 28.1 Å². The van der Waals surface area contributed by atoms with Gasteiger partial charge in [-0.3, -0.25) is 0 Å². The van der Waals surface area contributed by atoms with Crippen LogP contribution in [0.4, 0.5) is 13.2 Å². The van der Waals surface area contributed by atoms with Crippen molar-refractivity contribution in [2.45, 2.75) is 23.8 Å². The molecule has 6 heteroatoms. The zero-order valence-corrected chi connectivity index (χ0v) is 14.1. The summed E-state index contributed by atoms with van der Waals surface area (Å²) in [6, 6.07) is 0. The molecular formula is C14H12BrF3IN. The summed E-state index contributed by atoms with van der Waals surface area (Å²) in [5, 5.41) is 3.27. The first-order chi connectivity index (χ1) is 9.38. The number of alkyl halides is 4. The Morgan fingerprint density at radius 2 is 1.90 bits per heavy atom. The summed E-state index contributed by atoms with van der Waals surface area (Å²) in [6.45, 7) is 0.805. The van der Waals surface area contributed by atoms with Gasteiger partial charge in [-0.2, -0.15) is 13.2 Å². The van der Waals surface area contributed by atoms with Crippen molar-refractivity contribution in [2.75, 3.05) is 6.54 Å². The third-order valence-electron chi connectivity index (χ3n) is 3.92. The van der Waals surface area contributed by atoms with Gasteiger partial charge in [0.2, 0.25) is 0 Å². The fraction of sp³-hybridized carbons (Fsp3) is 0.429. The van der Waals surface area contributed by atoms with Gasteiger partial charge in [-0.25, -0.2) is 0 Å². The molecule has 0 radical (unpaired) electrons. The highest BCUT2D eigenvalue weighted by Gasteiger charge is 2.40. The highest BCUT2D eigenvalue weighted by Crippen LogP contribution is 2.46. The molecule has 1 N–H and O–H groups in total. The predicted molar refractivity (Wildman–Crippen MR) is 84.8 cm³/mol. The lowest BCUT2D eigenvalue weighted by Crippen LogP contribution is -2.30. The minimum atomic E-state index is -4.24. The fourth-order valence-electron chi connectivity index (χ4n) is 2.94. The lowest BCUT2D eigenvalue weighted by atomic mass is 9.76. The lowest BCUT2D eigenvalue weighted by molar-refractivity contribution is -0.0940. The van der Waals surface area contributed by atoms with Crippen LogP contribution in [0.1, 0.15) is 12.8 Å². The van der Waals surface area contributed by atoms with Crippen molar-refractivity contribution in [3.63, 3.8) is 0 Å². The van der Waals surface area contributed by atoms with E-state index >= 15 is 0 Å². The van der Waals surface area contributed by atoms with E-state index < -0.39 is 11.7 Å². The van der Waals surface area contributed by atoms with Crippen LogP contribution in [0.3, 0.4) is 0 Å². The second-order valence-electron chi connectivity index (χ2n) is 5.12. The topological polar surface area (TPSA) is 12.0 Å². The van der Waals surface area contributed by atoms with Gasteiger partial charge in [0.1, 0.15) is 0 Å². The van der Waals surface area contributed by atoms with Crippen molar-refractivity contribution >= 4 is 38.5 Å². The molecule has 0 aromatic heterocycles. The predicted octanol–water partition coefficient (Wildman–Crippen LogP) is 4.76. The number of rotatable bonds is 0. The maximum atomic E-state index is 13.0. The number of halogens is 5. The minimum absolute atomic E-state index is 0.00772. The lowest BCUT2D eigenvalue weighted by Gasteiger charge is -2.35. The summed E-state index contributed by atoms with van der Waals surface area (Å²) in [4.78, 5) is -0.246. The van der Waals surface area contributed by atoms with E-state index in [0.717, 1.165) is 33.4 Å². The molecule has 20 heavy (non-hydrogen) atoms. The van der Waals surface area contributed by atoms with E-state index in [-0.39, 0.29) is 17.2 Å². The van der Waals surface area contributed by atoms with Crippen molar-refractivity contribution in [3.05, 3.63) is 44.2 Å². The molecule has 2 atom stereocenters. The standard InChI is InChI=1S/C14H12BrF3IN/c15-12-6-7(14(16,17)18)5-11-8-3-4-20-13(19)10(8)2-1-9(11)12/h1-2,5,8,12,20H,3-4,6H2. The van der Waals surface area contributed by atoms with Gasteiger partial charge in [-0.15, -0.1) is 0 Å². The highest BCUT2D eigenvalue weighted by molar-refractivity contribution is 14.1. The van der Waals surface area contributed by atoms with E-state index in [1.54, 1.807) is 0 Å². The van der Waals surface area contributed by atoms with Gasteiger partial charge in [-0.05, 0) is 58.2 Å². The largest absolute Gasteiger partial charge is 0.412 e. The van der Waals surface area contributed by atoms with Crippen LogP contribution in [0, 0.1) is 5.92 Å². The molecule has 1 heterocycles. The summed E-state index contributed by atoms with van der Waals surface area (Å²) < 4.78 is 40.1.